The largest absolute Gasteiger partial charge is 0.459 e. The third kappa shape index (κ3) is 4.66. The van der Waals surface area contributed by atoms with Gasteiger partial charge in [0.2, 0.25) is 0 Å². The summed E-state index contributed by atoms with van der Waals surface area (Å²) < 4.78 is 6.65. The van der Waals surface area contributed by atoms with E-state index in [1.807, 2.05) is 48.5 Å². The Hall–Kier alpha value is -4.15. The summed E-state index contributed by atoms with van der Waals surface area (Å²) in [5.41, 5.74) is 6.14. The van der Waals surface area contributed by atoms with Gasteiger partial charge in [-0.3, -0.25) is 10.1 Å². The minimum Gasteiger partial charge on any atom is -0.459 e. The molecule has 2 N–H and O–H groups in total. The molecule has 1 fully saturated rings. The van der Waals surface area contributed by atoms with E-state index in [4.69, 9.17) is 4.74 Å². The summed E-state index contributed by atoms with van der Waals surface area (Å²) in [4.78, 5) is 14.1. The number of hydrogen-bond donors (Lipinski definition) is 2. The number of piperazine rings is 1. The van der Waals surface area contributed by atoms with E-state index in [-0.39, 0.29) is 23.4 Å². The Morgan fingerprint density at radius 1 is 0.769 bits per heavy atom. The molecular formula is C35H34N2O2. The second-order valence-electron chi connectivity index (χ2n) is 11.6. The maximum absolute atomic E-state index is 14.1. The van der Waals surface area contributed by atoms with Gasteiger partial charge in [0.25, 0.3) is 11.6 Å². The highest BCUT2D eigenvalue weighted by atomic mass is 16.5. The Morgan fingerprint density at radius 2 is 1.38 bits per heavy atom. The van der Waals surface area contributed by atoms with E-state index in [1.165, 1.54) is 11.1 Å². The number of fused-ring (bicyclic) bond motifs is 1. The third-order valence-corrected chi connectivity index (χ3v) is 7.76. The van der Waals surface area contributed by atoms with Gasteiger partial charge in [-0.25, -0.2) is 0 Å². The van der Waals surface area contributed by atoms with Gasteiger partial charge in [0.15, 0.2) is 0 Å². The predicted octanol–water partition coefficient (Wildman–Crippen LogP) is 7.01. The molecule has 3 unspecified atom stereocenters. The van der Waals surface area contributed by atoms with Gasteiger partial charge in [0.1, 0.15) is 5.75 Å². The van der Waals surface area contributed by atoms with Crippen molar-refractivity contribution in [1.82, 2.24) is 10.6 Å². The van der Waals surface area contributed by atoms with Crippen molar-refractivity contribution in [2.45, 2.75) is 50.9 Å². The molecule has 2 aliphatic heterocycles. The van der Waals surface area contributed by atoms with Gasteiger partial charge in [-0.2, -0.15) is 0 Å². The molecule has 4 aromatic rings. The van der Waals surface area contributed by atoms with Crippen LogP contribution in [0.2, 0.25) is 0 Å². The smallest absolute Gasteiger partial charge is 0.284 e. The Balaban J connectivity index is 1.51. The fourth-order valence-corrected chi connectivity index (χ4v) is 5.52. The molecule has 0 radical (unpaired) electrons. The maximum atomic E-state index is 14.1. The first kappa shape index (κ1) is 25.1. The second kappa shape index (κ2) is 9.55. The summed E-state index contributed by atoms with van der Waals surface area (Å²) in [6.07, 6.45) is 1.97. The highest BCUT2D eigenvalue weighted by Gasteiger charge is 2.51. The molecule has 0 bridgehead atoms. The fourth-order valence-electron chi connectivity index (χ4n) is 5.52. The molecule has 39 heavy (non-hydrogen) atoms. The Morgan fingerprint density at radius 3 is 2.00 bits per heavy atom. The van der Waals surface area contributed by atoms with E-state index in [2.05, 4.69) is 99.0 Å². The van der Waals surface area contributed by atoms with Crippen LogP contribution in [-0.2, 0) is 10.2 Å². The molecule has 2 aliphatic rings. The van der Waals surface area contributed by atoms with Crippen molar-refractivity contribution in [3.63, 3.8) is 0 Å². The van der Waals surface area contributed by atoms with Crippen LogP contribution in [-0.4, -0.2) is 11.6 Å². The molecule has 3 atom stereocenters. The summed E-state index contributed by atoms with van der Waals surface area (Å²) in [6.45, 7) is 8.71. The van der Waals surface area contributed by atoms with Crippen LogP contribution >= 0.6 is 0 Å². The van der Waals surface area contributed by atoms with Crippen LogP contribution in [0.15, 0.2) is 109 Å². The molecule has 4 nitrogen and oxygen atoms in total. The van der Waals surface area contributed by atoms with Crippen LogP contribution in [0.1, 0.15) is 66.2 Å². The molecule has 196 valence electrons. The number of carbonyl (C=O) groups excluding carboxylic acids is 1. The fraction of sp³-hybridized carbons (Fsp3) is 0.229. The molecule has 2 heterocycles. The first-order valence-electron chi connectivity index (χ1n) is 13.6. The van der Waals surface area contributed by atoms with Gasteiger partial charge in [-0.15, -0.1) is 0 Å². The van der Waals surface area contributed by atoms with E-state index in [9.17, 15) is 4.79 Å². The Kier molecular flexibility index (Phi) is 6.16. The van der Waals surface area contributed by atoms with E-state index >= 15 is 0 Å². The number of ether oxygens (including phenoxy) is 1. The highest BCUT2D eigenvalue weighted by molar-refractivity contribution is 5.96. The Labute approximate surface area is 230 Å². The van der Waals surface area contributed by atoms with Gasteiger partial charge in [0.05, 0.1) is 12.1 Å². The molecule has 0 saturated carbocycles. The standard InChI is InChI=1S/C35H34N2O2/c1-23-15-17-24(18-16-23)29-22-35(39-30-20-19-27(21-28(29)30)34(2,3)4)33(38)36-31(25-11-7-5-8-12-25)32(37-35)26-13-9-6-10-14-26/h5-22,31-32,37H,1-4H3,(H,36,38). The zero-order valence-corrected chi connectivity index (χ0v) is 22.9. The van der Waals surface area contributed by atoms with E-state index in [0.29, 0.717) is 5.75 Å². The number of benzene rings is 4. The van der Waals surface area contributed by atoms with Crippen molar-refractivity contribution in [1.29, 1.82) is 0 Å². The van der Waals surface area contributed by atoms with E-state index in [0.717, 1.165) is 27.8 Å². The topological polar surface area (TPSA) is 50.4 Å². The van der Waals surface area contributed by atoms with Crippen LogP contribution in [0.5, 0.6) is 5.75 Å². The van der Waals surface area contributed by atoms with Gasteiger partial charge < -0.3 is 10.1 Å². The van der Waals surface area contributed by atoms with Crippen LogP contribution < -0.4 is 15.4 Å². The SMILES string of the molecule is Cc1ccc(C2=CC3(NC(c4ccccc4)C(c4ccccc4)NC3=O)Oc3ccc(C(C)(C)C)cc32)cc1. The maximum Gasteiger partial charge on any atom is 0.284 e. The summed E-state index contributed by atoms with van der Waals surface area (Å²) in [6, 6.07) is 34.7. The van der Waals surface area contributed by atoms with E-state index < -0.39 is 5.72 Å². The molecule has 6 rings (SSSR count). The summed E-state index contributed by atoms with van der Waals surface area (Å²) in [5, 5.41) is 6.99. The normalized spacial score (nSPS) is 22.5. The van der Waals surface area contributed by atoms with Crippen molar-refractivity contribution in [3.05, 3.63) is 143 Å². The van der Waals surface area contributed by atoms with Crippen molar-refractivity contribution >= 4 is 11.5 Å². The molecular weight excluding hydrogens is 480 g/mol. The van der Waals surface area contributed by atoms with Crippen molar-refractivity contribution in [2.24, 2.45) is 0 Å². The molecule has 4 heteroatoms. The van der Waals surface area contributed by atoms with Gasteiger partial charge in [-0.05, 0) is 58.4 Å². The van der Waals surface area contributed by atoms with Gasteiger partial charge >= 0.3 is 0 Å². The summed E-state index contributed by atoms with van der Waals surface area (Å²) >= 11 is 0. The molecule has 1 amide bonds. The lowest BCUT2D eigenvalue weighted by molar-refractivity contribution is -0.141. The quantitative estimate of drug-likeness (QED) is 0.309. The number of carbonyl (C=O) groups is 1. The lowest BCUT2D eigenvalue weighted by Gasteiger charge is -2.46. The lowest BCUT2D eigenvalue weighted by atomic mass is 9.82. The first-order chi connectivity index (χ1) is 18.7. The lowest BCUT2D eigenvalue weighted by Crippen LogP contribution is -2.67. The van der Waals surface area contributed by atoms with Crippen LogP contribution in [0.3, 0.4) is 0 Å². The van der Waals surface area contributed by atoms with Gasteiger partial charge in [0, 0.05) is 5.56 Å². The number of aryl methyl sites for hydroxylation is 1. The van der Waals surface area contributed by atoms with Crippen molar-refractivity contribution in [2.75, 3.05) is 0 Å². The second-order valence-corrected chi connectivity index (χ2v) is 11.6. The summed E-state index contributed by atoms with van der Waals surface area (Å²) in [5.74, 6) is 0.479. The van der Waals surface area contributed by atoms with Gasteiger partial charge in [-0.1, -0.05) is 117 Å². The Bertz CT molecular complexity index is 1540. The molecule has 1 spiro atoms. The minimum atomic E-state index is -1.37. The third-order valence-electron chi connectivity index (χ3n) is 7.76. The molecule has 4 aromatic carbocycles. The molecule has 0 aromatic heterocycles. The average Bonchev–Trinajstić information content (AvgIpc) is 2.94. The van der Waals surface area contributed by atoms with E-state index in [1.54, 1.807) is 0 Å². The van der Waals surface area contributed by atoms with Crippen molar-refractivity contribution < 1.29 is 9.53 Å². The summed E-state index contributed by atoms with van der Waals surface area (Å²) in [7, 11) is 0. The zero-order chi connectivity index (χ0) is 27.2. The highest BCUT2D eigenvalue weighted by Crippen LogP contribution is 2.44. The zero-order valence-electron chi connectivity index (χ0n) is 22.9. The average molecular weight is 515 g/mol. The number of rotatable bonds is 3. The van der Waals surface area contributed by atoms with Crippen LogP contribution in [0.25, 0.3) is 5.57 Å². The molecule has 1 saturated heterocycles. The van der Waals surface area contributed by atoms with Crippen LogP contribution in [0.4, 0.5) is 0 Å². The number of nitrogens with one attached hydrogen (secondary N) is 2. The molecule has 0 aliphatic carbocycles. The number of hydrogen-bond acceptors (Lipinski definition) is 3. The predicted molar refractivity (Wildman–Crippen MR) is 156 cm³/mol. The monoisotopic (exact) mass is 514 g/mol. The van der Waals surface area contributed by atoms with Crippen LogP contribution in [0, 0.1) is 6.92 Å². The van der Waals surface area contributed by atoms with Crippen molar-refractivity contribution in [3.8, 4) is 5.75 Å². The first-order valence-corrected chi connectivity index (χ1v) is 13.6. The number of amides is 1. The minimum absolute atomic E-state index is 0.0235.